The van der Waals surface area contributed by atoms with Crippen LogP contribution in [0.4, 0.5) is 0 Å². The summed E-state index contributed by atoms with van der Waals surface area (Å²) in [4.78, 5) is 18.7. The topological polar surface area (TPSA) is 72.4 Å². The standard InChI is InChI=1S/C15H17N3O3/c19-15(12-4-2-8-20-12)18-7-1-3-11(9-18)14-16-13(17-21-14)10-5-6-10/h2,4,8,10-11H,1,3,5-7,9H2. The third-order valence-electron chi connectivity index (χ3n) is 4.19. The van der Waals surface area contributed by atoms with Crippen molar-refractivity contribution in [1.82, 2.24) is 15.0 Å². The second-order valence-corrected chi connectivity index (χ2v) is 5.83. The van der Waals surface area contributed by atoms with Crippen LogP contribution in [0, 0.1) is 0 Å². The predicted octanol–water partition coefficient (Wildman–Crippen LogP) is 2.56. The highest BCUT2D eigenvalue weighted by molar-refractivity contribution is 5.91. The van der Waals surface area contributed by atoms with Gasteiger partial charge in [0.25, 0.3) is 5.91 Å². The van der Waals surface area contributed by atoms with E-state index in [2.05, 4.69) is 10.1 Å². The molecule has 2 fully saturated rings. The second kappa shape index (κ2) is 5.02. The van der Waals surface area contributed by atoms with Gasteiger partial charge in [-0.25, -0.2) is 0 Å². The summed E-state index contributed by atoms with van der Waals surface area (Å²) in [6.45, 7) is 1.37. The summed E-state index contributed by atoms with van der Waals surface area (Å²) in [5.74, 6) is 2.46. The molecule has 0 aromatic carbocycles. The van der Waals surface area contributed by atoms with Crippen LogP contribution in [-0.4, -0.2) is 34.0 Å². The first-order chi connectivity index (χ1) is 10.3. The zero-order valence-corrected chi connectivity index (χ0v) is 11.7. The molecule has 21 heavy (non-hydrogen) atoms. The van der Waals surface area contributed by atoms with E-state index in [0.29, 0.717) is 24.1 Å². The van der Waals surface area contributed by atoms with Crippen molar-refractivity contribution in [3.63, 3.8) is 0 Å². The molecule has 0 bridgehead atoms. The molecule has 4 rings (SSSR count). The summed E-state index contributed by atoms with van der Waals surface area (Å²) < 4.78 is 10.6. The van der Waals surface area contributed by atoms with Gasteiger partial charge in [-0.05, 0) is 37.8 Å². The molecule has 1 amide bonds. The van der Waals surface area contributed by atoms with Crippen molar-refractivity contribution in [1.29, 1.82) is 0 Å². The van der Waals surface area contributed by atoms with Gasteiger partial charge in [-0.1, -0.05) is 5.16 Å². The maximum atomic E-state index is 12.3. The highest BCUT2D eigenvalue weighted by Crippen LogP contribution is 2.39. The molecule has 1 atom stereocenters. The molecule has 1 unspecified atom stereocenters. The minimum absolute atomic E-state index is 0.0633. The molecular weight excluding hydrogens is 270 g/mol. The van der Waals surface area contributed by atoms with E-state index in [1.54, 1.807) is 12.1 Å². The highest BCUT2D eigenvalue weighted by atomic mass is 16.5. The maximum absolute atomic E-state index is 12.3. The van der Waals surface area contributed by atoms with Crippen LogP contribution in [0.5, 0.6) is 0 Å². The zero-order valence-electron chi connectivity index (χ0n) is 11.7. The molecule has 110 valence electrons. The molecule has 1 aliphatic heterocycles. The van der Waals surface area contributed by atoms with Gasteiger partial charge in [0.15, 0.2) is 11.6 Å². The number of likely N-dealkylation sites (tertiary alicyclic amines) is 1. The van der Waals surface area contributed by atoms with Gasteiger partial charge in [0.2, 0.25) is 5.89 Å². The summed E-state index contributed by atoms with van der Waals surface area (Å²) in [7, 11) is 0. The van der Waals surface area contributed by atoms with Crippen molar-refractivity contribution in [2.75, 3.05) is 13.1 Å². The average Bonchev–Trinajstić information content (AvgIpc) is 3.05. The minimum Gasteiger partial charge on any atom is -0.459 e. The molecule has 3 heterocycles. The SMILES string of the molecule is O=C(c1ccco1)N1CCCC(c2nc(C3CC3)no2)C1. The van der Waals surface area contributed by atoms with Crippen LogP contribution >= 0.6 is 0 Å². The van der Waals surface area contributed by atoms with Crippen molar-refractivity contribution >= 4 is 5.91 Å². The normalized spacial score (nSPS) is 22.5. The van der Waals surface area contributed by atoms with Crippen LogP contribution in [0.1, 0.15) is 59.8 Å². The van der Waals surface area contributed by atoms with E-state index in [-0.39, 0.29) is 11.8 Å². The first-order valence-corrected chi connectivity index (χ1v) is 7.47. The number of rotatable bonds is 3. The van der Waals surface area contributed by atoms with Gasteiger partial charge in [-0.3, -0.25) is 4.79 Å². The van der Waals surface area contributed by atoms with E-state index in [0.717, 1.165) is 38.1 Å². The summed E-state index contributed by atoms with van der Waals surface area (Å²) in [5.41, 5.74) is 0. The average molecular weight is 287 g/mol. The van der Waals surface area contributed by atoms with Crippen molar-refractivity contribution in [2.45, 2.75) is 37.5 Å². The second-order valence-electron chi connectivity index (χ2n) is 5.83. The molecule has 2 aromatic heterocycles. The number of carbonyl (C=O) groups is 1. The van der Waals surface area contributed by atoms with Crippen molar-refractivity contribution in [3.05, 3.63) is 35.9 Å². The Morgan fingerprint density at radius 2 is 2.19 bits per heavy atom. The van der Waals surface area contributed by atoms with Crippen LogP contribution in [0.3, 0.4) is 0 Å². The Bertz CT molecular complexity index is 630. The fourth-order valence-corrected chi connectivity index (χ4v) is 2.84. The molecule has 2 aromatic rings. The zero-order chi connectivity index (χ0) is 14.2. The number of nitrogens with zero attached hydrogens (tertiary/aromatic N) is 3. The van der Waals surface area contributed by atoms with E-state index < -0.39 is 0 Å². The Balaban J connectivity index is 1.48. The Kier molecular flexibility index (Phi) is 3.02. The molecule has 2 aliphatic rings. The number of carbonyl (C=O) groups excluding carboxylic acids is 1. The number of piperidine rings is 1. The fraction of sp³-hybridized carbons (Fsp3) is 0.533. The van der Waals surface area contributed by atoms with Crippen LogP contribution in [0.25, 0.3) is 0 Å². The number of aromatic nitrogens is 2. The van der Waals surface area contributed by atoms with Gasteiger partial charge in [0, 0.05) is 19.0 Å². The minimum atomic E-state index is -0.0633. The van der Waals surface area contributed by atoms with Gasteiger partial charge < -0.3 is 13.8 Å². The summed E-state index contributed by atoms with van der Waals surface area (Å²) >= 11 is 0. The lowest BCUT2D eigenvalue weighted by atomic mass is 9.98. The van der Waals surface area contributed by atoms with Crippen LogP contribution in [0.15, 0.2) is 27.3 Å². The highest BCUT2D eigenvalue weighted by Gasteiger charge is 2.33. The van der Waals surface area contributed by atoms with Gasteiger partial charge in [0.05, 0.1) is 12.2 Å². The summed E-state index contributed by atoms with van der Waals surface area (Å²) in [5, 5.41) is 4.07. The molecule has 0 spiro atoms. The Morgan fingerprint density at radius 1 is 1.29 bits per heavy atom. The largest absolute Gasteiger partial charge is 0.459 e. The van der Waals surface area contributed by atoms with Crippen LogP contribution in [-0.2, 0) is 0 Å². The molecule has 1 saturated carbocycles. The number of furan rings is 1. The molecule has 0 N–H and O–H groups in total. The third-order valence-corrected chi connectivity index (χ3v) is 4.19. The lowest BCUT2D eigenvalue weighted by Gasteiger charge is -2.30. The molecule has 6 heteroatoms. The molecule has 1 saturated heterocycles. The summed E-state index contributed by atoms with van der Waals surface area (Å²) in [6.07, 6.45) is 5.76. The Morgan fingerprint density at radius 3 is 2.95 bits per heavy atom. The predicted molar refractivity (Wildman–Crippen MR) is 72.9 cm³/mol. The third kappa shape index (κ3) is 2.46. The maximum Gasteiger partial charge on any atom is 0.289 e. The smallest absolute Gasteiger partial charge is 0.289 e. The van der Waals surface area contributed by atoms with Crippen LogP contribution < -0.4 is 0 Å². The van der Waals surface area contributed by atoms with E-state index in [1.807, 2.05) is 4.90 Å². The van der Waals surface area contributed by atoms with Crippen molar-refractivity contribution in [2.24, 2.45) is 0 Å². The van der Waals surface area contributed by atoms with Gasteiger partial charge in [-0.15, -0.1) is 0 Å². The van der Waals surface area contributed by atoms with Crippen molar-refractivity contribution < 1.29 is 13.7 Å². The van der Waals surface area contributed by atoms with Crippen molar-refractivity contribution in [3.8, 4) is 0 Å². The first-order valence-electron chi connectivity index (χ1n) is 7.47. The quantitative estimate of drug-likeness (QED) is 0.867. The van der Waals surface area contributed by atoms with E-state index in [1.165, 1.54) is 6.26 Å². The van der Waals surface area contributed by atoms with Gasteiger partial charge >= 0.3 is 0 Å². The number of hydrogen-bond donors (Lipinski definition) is 0. The van der Waals surface area contributed by atoms with E-state index >= 15 is 0 Å². The Labute approximate surface area is 122 Å². The fourth-order valence-electron chi connectivity index (χ4n) is 2.84. The lowest BCUT2D eigenvalue weighted by molar-refractivity contribution is 0.0663. The van der Waals surface area contributed by atoms with E-state index in [4.69, 9.17) is 8.94 Å². The lowest BCUT2D eigenvalue weighted by Crippen LogP contribution is -2.39. The van der Waals surface area contributed by atoms with Gasteiger partial charge in [-0.2, -0.15) is 4.98 Å². The van der Waals surface area contributed by atoms with Gasteiger partial charge in [0.1, 0.15) is 0 Å². The Hall–Kier alpha value is -2.11. The monoisotopic (exact) mass is 287 g/mol. The van der Waals surface area contributed by atoms with E-state index in [9.17, 15) is 4.79 Å². The molecule has 0 radical (unpaired) electrons. The summed E-state index contributed by atoms with van der Waals surface area (Å²) in [6, 6.07) is 3.43. The van der Waals surface area contributed by atoms with Crippen LogP contribution in [0.2, 0.25) is 0 Å². The molecule has 1 aliphatic carbocycles. The molecule has 6 nitrogen and oxygen atoms in total. The molecular formula is C15H17N3O3. The number of amides is 1. The first kappa shape index (κ1) is 12.6. The number of hydrogen-bond acceptors (Lipinski definition) is 5.